The Morgan fingerprint density at radius 2 is 1.71 bits per heavy atom. The lowest BCUT2D eigenvalue weighted by atomic mass is 9.92. The molecule has 0 fully saturated rings. The van der Waals surface area contributed by atoms with Crippen molar-refractivity contribution in [1.29, 1.82) is 0 Å². The summed E-state index contributed by atoms with van der Waals surface area (Å²) in [5.41, 5.74) is 3.37. The Balaban J connectivity index is 2.06. The second-order valence-electron chi connectivity index (χ2n) is 6.63. The first-order valence-corrected chi connectivity index (χ1v) is 9.82. The molecule has 1 amide bonds. The number of thioether (sulfide) groups is 1. The molecule has 0 radical (unpaired) electrons. The quantitative estimate of drug-likeness (QED) is 0.622. The highest BCUT2D eigenvalue weighted by Crippen LogP contribution is 2.34. The number of rotatable bonds is 6. The minimum absolute atomic E-state index is 0.00829. The highest BCUT2D eigenvalue weighted by atomic mass is 32.2. The first-order chi connectivity index (χ1) is 13.0. The van der Waals surface area contributed by atoms with E-state index < -0.39 is 17.6 Å². The van der Waals surface area contributed by atoms with Gasteiger partial charge in [-0.05, 0) is 62.1 Å². The average Bonchev–Trinajstić information content (AvgIpc) is 2.56. The number of aryl methyl sites for hydroxylation is 2. The van der Waals surface area contributed by atoms with Crippen LogP contribution >= 0.6 is 11.8 Å². The van der Waals surface area contributed by atoms with Crippen LogP contribution in [0.4, 0.5) is 18.9 Å². The Kier molecular flexibility index (Phi) is 6.93. The molecule has 0 spiro atoms. The molecule has 0 bridgehead atoms. The molecule has 0 aliphatic heterocycles. The van der Waals surface area contributed by atoms with E-state index in [4.69, 9.17) is 0 Å². The minimum Gasteiger partial charge on any atom is -0.325 e. The van der Waals surface area contributed by atoms with Crippen LogP contribution in [0, 0.1) is 20.8 Å². The fraction of sp³-hybridized carbons (Fsp3) is 0.333. The number of alkyl halides is 3. The van der Waals surface area contributed by atoms with Crippen molar-refractivity contribution in [2.75, 3.05) is 11.1 Å². The van der Waals surface area contributed by atoms with Gasteiger partial charge < -0.3 is 5.32 Å². The largest absolute Gasteiger partial charge is 0.418 e. The zero-order valence-corrected chi connectivity index (χ0v) is 17.0. The van der Waals surface area contributed by atoms with Gasteiger partial charge >= 0.3 is 6.18 Å². The van der Waals surface area contributed by atoms with Gasteiger partial charge in [0, 0.05) is 11.3 Å². The van der Waals surface area contributed by atoms with Crippen molar-refractivity contribution in [3.8, 4) is 0 Å². The Morgan fingerprint density at radius 1 is 1.07 bits per heavy atom. The van der Waals surface area contributed by atoms with Crippen molar-refractivity contribution < 1.29 is 22.8 Å². The summed E-state index contributed by atoms with van der Waals surface area (Å²) in [6, 6.07) is 6.84. The van der Waals surface area contributed by atoms with Crippen LogP contribution in [0.2, 0.25) is 0 Å². The van der Waals surface area contributed by atoms with Crippen LogP contribution in [0.15, 0.2) is 30.3 Å². The van der Waals surface area contributed by atoms with E-state index in [9.17, 15) is 22.8 Å². The average molecular weight is 409 g/mol. The first-order valence-electron chi connectivity index (χ1n) is 8.66. The summed E-state index contributed by atoms with van der Waals surface area (Å²) in [7, 11) is 0. The molecule has 28 heavy (non-hydrogen) atoms. The number of ketones is 1. The number of benzene rings is 2. The van der Waals surface area contributed by atoms with Crippen molar-refractivity contribution in [1.82, 2.24) is 0 Å². The van der Waals surface area contributed by atoms with E-state index in [0.717, 1.165) is 28.3 Å². The summed E-state index contributed by atoms with van der Waals surface area (Å²) >= 11 is 1.30. The number of carbonyl (C=O) groups excluding carboxylic acids is 2. The monoisotopic (exact) mass is 409 g/mol. The second-order valence-corrected chi connectivity index (χ2v) is 7.62. The van der Waals surface area contributed by atoms with E-state index in [0.29, 0.717) is 11.3 Å². The third-order valence-corrected chi connectivity index (χ3v) is 5.43. The fourth-order valence-electron chi connectivity index (χ4n) is 3.26. The molecule has 2 aromatic rings. The van der Waals surface area contributed by atoms with Crippen LogP contribution in [-0.4, -0.2) is 17.4 Å². The van der Waals surface area contributed by atoms with E-state index in [1.807, 2.05) is 26.8 Å². The molecule has 150 valence electrons. The smallest absolute Gasteiger partial charge is 0.325 e. The summed E-state index contributed by atoms with van der Waals surface area (Å²) in [6.45, 7) is 7.23. The standard InChI is InChI=1S/C21H22F3NO2S/c1-12-9-13(2)20(15(4)26)14(3)16(12)10-28-11-19(27)25-18-8-6-5-7-17(18)21(22,23)24/h5-9H,10-11H2,1-4H3,(H,25,27). The van der Waals surface area contributed by atoms with Gasteiger partial charge in [-0.1, -0.05) is 18.2 Å². The molecule has 2 aromatic carbocycles. The van der Waals surface area contributed by atoms with Crippen molar-refractivity contribution in [3.63, 3.8) is 0 Å². The van der Waals surface area contributed by atoms with Crippen LogP contribution in [0.3, 0.4) is 0 Å². The molecule has 1 N–H and O–H groups in total. The predicted molar refractivity (Wildman–Crippen MR) is 107 cm³/mol. The topological polar surface area (TPSA) is 46.2 Å². The molecular weight excluding hydrogens is 387 g/mol. The molecule has 7 heteroatoms. The maximum absolute atomic E-state index is 13.0. The summed E-state index contributed by atoms with van der Waals surface area (Å²) in [6.07, 6.45) is -4.53. The maximum atomic E-state index is 13.0. The lowest BCUT2D eigenvalue weighted by Crippen LogP contribution is -2.18. The summed E-state index contributed by atoms with van der Waals surface area (Å²) in [4.78, 5) is 24.0. The van der Waals surface area contributed by atoms with E-state index in [1.54, 1.807) is 0 Å². The molecule has 0 saturated carbocycles. The normalized spacial score (nSPS) is 11.4. The van der Waals surface area contributed by atoms with Crippen molar-refractivity contribution in [3.05, 3.63) is 63.7 Å². The van der Waals surface area contributed by atoms with Crippen LogP contribution in [0.5, 0.6) is 0 Å². The molecule has 0 aliphatic rings. The van der Waals surface area contributed by atoms with Gasteiger partial charge in [-0.15, -0.1) is 11.8 Å². The lowest BCUT2D eigenvalue weighted by Gasteiger charge is -2.16. The van der Waals surface area contributed by atoms with E-state index in [2.05, 4.69) is 5.32 Å². The summed E-state index contributed by atoms with van der Waals surface area (Å²) in [5, 5.41) is 2.34. The first kappa shape index (κ1) is 22.0. The number of halogens is 3. The third-order valence-electron chi connectivity index (χ3n) is 4.47. The fourth-order valence-corrected chi connectivity index (χ4v) is 4.27. The SMILES string of the molecule is CC(=O)c1c(C)cc(C)c(CSCC(=O)Nc2ccccc2C(F)(F)F)c1C. The summed E-state index contributed by atoms with van der Waals surface area (Å²) in [5.74, 6) is -0.0142. The molecule has 0 saturated heterocycles. The van der Waals surface area contributed by atoms with E-state index >= 15 is 0 Å². The lowest BCUT2D eigenvalue weighted by molar-refractivity contribution is -0.137. The van der Waals surface area contributed by atoms with Crippen LogP contribution < -0.4 is 5.32 Å². The Hall–Kier alpha value is -2.28. The summed E-state index contributed by atoms with van der Waals surface area (Å²) < 4.78 is 39.0. The number of nitrogens with one attached hydrogen (secondary N) is 1. The Labute approximate surface area is 166 Å². The number of hydrogen-bond donors (Lipinski definition) is 1. The Morgan fingerprint density at radius 3 is 2.32 bits per heavy atom. The number of anilines is 1. The molecule has 0 heterocycles. The van der Waals surface area contributed by atoms with Gasteiger partial charge in [-0.25, -0.2) is 0 Å². The third kappa shape index (κ3) is 5.16. The van der Waals surface area contributed by atoms with Crippen LogP contribution in [-0.2, 0) is 16.7 Å². The van der Waals surface area contributed by atoms with Gasteiger partial charge in [-0.3, -0.25) is 9.59 Å². The predicted octanol–water partition coefficient (Wildman–Crippen LogP) is 5.71. The maximum Gasteiger partial charge on any atom is 0.418 e. The number of amides is 1. The van der Waals surface area contributed by atoms with Gasteiger partial charge in [0.2, 0.25) is 5.91 Å². The van der Waals surface area contributed by atoms with Crippen molar-refractivity contribution in [2.45, 2.75) is 39.6 Å². The zero-order valence-electron chi connectivity index (χ0n) is 16.2. The van der Waals surface area contributed by atoms with Crippen molar-refractivity contribution in [2.24, 2.45) is 0 Å². The molecular formula is C21H22F3NO2S. The number of para-hydroxylation sites is 1. The zero-order chi connectivity index (χ0) is 21.1. The molecule has 2 rings (SSSR count). The molecule has 3 nitrogen and oxygen atoms in total. The van der Waals surface area contributed by atoms with Gasteiger partial charge in [0.15, 0.2) is 5.78 Å². The van der Waals surface area contributed by atoms with Gasteiger partial charge in [0.05, 0.1) is 17.0 Å². The van der Waals surface area contributed by atoms with Gasteiger partial charge in [-0.2, -0.15) is 13.2 Å². The van der Waals surface area contributed by atoms with E-state index in [-0.39, 0.29) is 17.2 Å². The minimum atomic E-state index is -4.53. The van der Waals surface area contributed by atoms with E-state index in [1.165, 1.54) is 36.9 Å². The highest BCUT2D eigenvalue weighted by molar-refractivity contribution is 7.99. The Bertz CT molecular complexity index is 907. The number of carbonyl (C=O) groups is 2. The van der Waals surface area contributed by atoms with Crippen molar-refractivity contribution >= 4 is 29.1 Å². The second kappa shape index (κ2) is 8.82. The molecule has 0 aliphatic carbocycles. The molecule has 0 unspecified atom stereocenters. The van der Waals surface area contributed by atoms with Crippen LogP contribution in [0.1, 0.15) is 45.1 Å². The molecule has 0 aromatic heterocycles. The molecule has 0 atom stereocenters. The van der Waals surface area contributed by atoms with Gasteiger partial charge in [0.1, 0.15) is 0 Å². The van der Waals surface area contributed by atoms with Crippen LogP contribution in [0.25, 0.3) is 0 Å². The van der Waals surface area contributed by atoms with Gasteiger partial charge in [0.25, 0.3) is 0 Å². The number of Topliss-reactive ketones (excluding diaryl/α,β-unsaturated/α-hetero) is 1. The number of hydrogen-bond acceptors (Lipinski definition) is 3. The highest BCUT2D eigenvalue weighted by Gasteiger charge is 2.33.